The van der Waals surface area contributed by atoms with Crippen LogP contribution in [0.3, 0.4) is 0 Å². The summed E-state index contributed by atoms with van der Waals surface area (Å²) in [6, 6.07) is 17.9. The van der Waals surface area contributed by atoms with Crippen LogP contribution in [0.4, 0.5) is 0 Å². The van der Waals surface area contributed by atoms with Gasteiger partial charge < -0.3 is 4.57 Å². The maximum absolute atomic E-state index is 12.3. The number of amides is 1. The molecule has 0 atom stereocenters. The van der Waals surface area contributed by atoms with E-state index in [1.165, 1.54) is 11.8 Å². The van der Waals surface area contributed by atoms with Gasteiger partial charge in [0.05, 0.1) is 12.0 Å². The SMILES string of the molecule is Cc1cc(C)nc(SCC(=O)NN=Cc2c(C)n(Cc3ccccc3Cl)c3ccccc23)n1. The highest BCUT2D eigenvalue weighted by Gasteiger charge is 2.14. The van der Waals surface area contributed by atoms with E-state index >= 15 is 0 Å². The van der Waals surface area contributed by atoms with Gasteiger partial charge in [0.15, 0.2) is 5.16 Å². The number of hydrogen-bond donors (Lipinski definition) is 1. The van der Waals surface area contributed by atoms with E-state index in [1.54, 1.807) is 6.21 Å². The number of hydrogen-bond acceptors (Lipinski definition) is 5. The second-order valence-electron chi connectivity index (χ2n) is 7.71. The van der Waals surface area contributed by atoms with Crippen molar-refractivity contribution in [3.05, 3.63) is 87.8 Å². The third-order valence-corrected chi connectivity index (χ3v) is 6.46. The molecule has 1 amide bonds. The van der Waals surface area contributed by atoms with Gasteiger partial charge in [-0.15, -0.1) is 0 Å². The lowest BCUT2D eigenvalue weighted by Gasteiger charge is -2.10. The number of nitrogens with zero attached hydrogens (tertiary/aromatic N) is 4. The number of carbonyl (C=O) groups excluding carboxylic acids is 1. The summed E-state index contributed by atoms with van der Waals surface area (Å²) in [5, 5.41) is 6.61. The van der Waals surface area contributed by atoms with Crippen LogP contribution in [-0.4, -0.2) is 32.4 Å². The Labute approximate surface area is 202 Å². The fraction of sp³-hybridized carbons (Fsp3) is 0.200. The van der Waals surface area contributed by atoms with Crippen molar-refractivity contribution in [2.45, 2.75) is 32.5 Å². The van der Waals surface area contributed by atoms with E-state index in [0.29, 0.717) is 11.7 Å². The Bertz CT molecular complexity index is 1330. The molecular formula is C25H24ClN5OS. The fourth-order valence-corrected chi connectivity index (χ4v) is 4.65. The molecule has 8 heteroatoms. The summed E-state index contributed by atoms with van der Waals surface area (Å²) in [7, 11) is 0. The third kappa shape index (κ3) is 5.43. The van der Waals surface area contributed by atoms with Crippen molar-refractivity contribution in [1.82, 2.24) is 20.0 Å². The van der Waals surface area contributed by atoms with Crippen LogP contribution in [0.15, 0.2) is 64.9 Å². The minimum atomic E-state index is -0.212. The molecule has 0 saturated heterocycles. The van der Waals surface area contributed by atoms with Gasteiger partial charge in [0, 0.05) is 45.1 Å². The van der Waals surface area contributed by atoms with Crippen LogP contribution in [-0.2, 0) is 11.3 Å². The molecule has 2 heterocycles. The Morgan fingerprint density at radius 3 is 2.55 bits per heavy atom. The number of carbonyl (C=O) groups is 1. The van der Waals surface area contributed by atoms with Crippen molar-refractivity contribution < 1.29 is 4.79 Å². The van der Waals surface area contributed by atoms with Crippen LogP contribution < -0.4 is 5.43 Å². The number of halogens is 1. The molecule has 0 unspecified atom stereocenters. The van der Waals surface area contributed by atoms with E-state index in [4.69, 9.17) is 11.6 Å². The number of aryl methyl sites for hydroxylation is 2. The lowest BCUT2D eigenvalue weighted by atomic mass is 10.1. The molecule has 0 aliphatic carbocycles. The quantitative estimate of drug-likeness (QED) is 0.170. The molecule has 0 radical (unpaired) electrons. The number of hydrazone groups is 1. The van der Waals surface area contributed by atoms with Crippen LogP contribution in [0, 0.1) is 20.8 Å². The number of para-hydroxylation sites is 1. The van der Waals surface area contributed by atoms with Gasteiger partial charge in [-0.25, -0.2) is 15.4 Å². The first-order valence-corrected chi connectivity index (χ1v) is 11.9. The summed E-state index contributed by atoms with van der Waals surface area (Å²) < 4.78 is 2.22. The molecule has 2 aromatic heterocycles. The van der Waals surface area contributed by atoms with Crippen molar-refractivity contribution in [2.24, 2.45) is 5.10 Å². The maximum Gasteiger partial charge on any atom is 0.250 e. The Kier molecular flexibility index (Phi) is 7.11. The highest BCUT2D eigenvalue weighted by Crippen LogP contribution is 2.27. The average molecular weight is 478 g/mol. The van der Waals surface area contributed by atoms with Crippen molar-refractivity contribution in [3.63, 3.8) is 0 Å². The van der Waals surface area contributed by atoms with Gasteiger partial charge in [-0.1, -0.05) is 59.8 Å². The summed E-state index contributed by atoms with van der Waals surface area (Å²) in [6.45, 7) is 6.52. The van der Waals surface area contributed by atoms with Gasteiger partial charge in [-0.3, -0.25) is 4.79 Å². The third-order valence-electron chi connectivity index (χ3n) is 5.24. The standard InChI is InChI=1S/C25H24ClN5OS/c1-16-12-17(2)29-25(28-16)33-15-24(32)30-27-13-21-18(3)31(23-11-7-5-9-20(21)23)14-19-8-4-6-10-22(19)26/h4-13H,14-15H2,1-3H3,(H,30,32). The summed E-state index contributed by atoms with van der Waals surface area (Å²) in [6.07, 6.45) is 1.71. The van der Waals surface area contributed by atoms with Gasteiger partial charge in [0.1, 0.15) is 0 Å². The molecule has 33 heavy (non-hydrogen) atoms. The Balaban J connectivity index is 1.49. The van der Waals surface area contributed by atoms with Crippen LogP contribution in [0.2, 0.25) is 5.02 Å². The van der Waals surface area contributed by atoms with Crippen LogP contribution in [0.25, 0.3) is 10.9 Å². The zero-order valence-corrected chi connectivity index (χ0v) is 20.2. The summed E-state index contributed by atoms with van der Waals surface area (Å²) in [5.41, 5.74) is 8.52. The minimum Gasteiger partial charge on any atom is -0.340 e. The molecule has 1 N–H and O–H groups in total. The molecule has 0 fully saturated rings. The number of thioether (sulfide) groups is 1. The lowest BCUT2D eigenvalue weighted by molar-refractivity contribution is -0.118. The zero-order chi connectivity index (χ0) is 23.4. The Morgan fingerprint density at radius 2 is 1.79 bits per heavy atom. The molecule has 0 saturated carbocycles. The fourth-order valence-electron chi connectivity index (χ4n) is 3.71. The van der Waals surface area contributed by atoms with E-state index in [0.717, 1.165) is 44.1 Å². The van der Waals surface area contributed by atoms with Crippen molar-refractivity contribution in [2.75, 3.05) is 5.75 Å². The topological polar surface area (TPSA) is 72.2 Å². The number of fused-ring (bicyclic) bond motifs is 1. The highest BCUT2D eigenvalue weighted by atomic mass is 35.5. The highest BCUT2D eigenvalue weighted by molar-refractivity contribution is 7.99. The number of nitrogens with one attached hydrogen (secondary N) is 1. The minimum absolute atomic E-state index is 0.188. The summed E-state index contributed by atoms with van der Waals surface area (Å²) >= 11 is 7.69. The molecule has 4 aromatic rings. The van der Waals surface area contributed by atoms with Crippen LogP contribution in [0.5, 0.6) is 0 Å². The summed E-state index contributed by atoms with van der Waals surface area (Å²) in [5.74, 6) is -0.0236. The van der Waals surface area contributed by atoms with E-state index in [9.17, 15) is 4.79 Å². The first-order valence-electron chi connectivity index (χ1n) is 10.5. The number of rotatable bonds is 7. The largest absolute Gasteiger partial charge is 0.340 e. The second kappa shape index (κ2) is 10.2. The Hall–Kier alpha value is -3.16. The first-order chi connectivity index (χ1) is 15.9. The van der Waals surface area contributed by atoms with E-state index in [1.807, 2.05) is 63.2 Å². The molecule has 6 nitrogen and oxygen atoms in total. The molecule has 2 aromatic carbocycles. The van der Waals surface area contributed by atoms with Gasteiger partial charge in [-0.2, -0.15) is 5.10 Å². The van der Waals surface area contributed by atoms with Gasteiger partial charge in [-0.05, 0) is 44.5 Å². The van der Waals surface area contributed by atoms with E-state index < -0.39 is 0 Å². The lowest BCUT2D eigenvalue weighted by Crippen LogP contribution is -2.20. The van der Waals surface area contributed by atoms with Gasteiger partial charge in [0.2, 0.25) is 0 Å². The second-order valence-corrected chi connectivity index (χ2v) is 9.06. The molecule has 4 rings (SSSR count). The maximum atomic E-state index is 12.3. The van der Waals surface area contributed by atoms with E-state index in [-0.39, 0.29) is 11.7 Å². The molecule has 0 aliphatic heterocycles. The Morgan fingerprint density at radius 1 is 1.09 bits per heavy atom. The predicted molar refractivity (Wildman–Crippen MR) is 135 cm³/mol. The van der Waals surface area contributed by atoms with Crippen molar-refractivity contribution in [1.29, 1.82) is 0 Å². The molecule has 0 bridgehead atoms. The predicted octanol–water partition coefficient (Wildman–Crippen LogP) is 5.30. The molecule has 0 aliphatic rings. The van der Waals surface area contributed by atoms with Gasteiger partial charge in [0.25, 0.3) is 5.91 Å². The normalized spacial score (nSPS) is 11.4. The number of benzene rings is 2. The summed E-state index contributed by atoms with van der Waals surface area (Å²) in [4.78, 5) is 21.0. The first kappa shape index (κ1) is 23.0. The van der Waals surface area contributed by atoms with Gasteiger partial charge >= 0.3 is 0 Å². The smallest absolute Gasteiger partial charge is 0.250 e. The van der Waals surface area contributed by atoms with E-state index in [2.05, 4.69) is 37.2 Å². The molecular weight excluding hydrogens is 454 g/mol. The average Bonchev–Trinajstić information content (AvgIpc) is 3.04. The number of aromatic nitrogens is 3. The zero-order valence-electron chi connectivity index (χ0n) is 18.7. The van der Waals surface area contributed by atoms with Crippen molar-refractivity contribution >= 4 is 46.4 Å². The molecule has 0 spiro atoms. The van der Waals surface area contributed by atoms with Crippen LogP contribution >= 0.6 is 23.4 Å². The van der Waals surface area contributed by atoms with Crippen molar-refractivity contribution in [3.8, 4) is 0 Å². The monoisotopic (exact) mass is 477 g/mol. The van der Waals surface area contributed by atoms with Crippen LogP contribution in [0.1, 0.15) is 28.2 Å². The molecule has 168 valence electrons.